The van der Waals surface area contributed by atoms with E-state index in [-0.39, 0.29) is 17.5 Å². The maximum absolute atomic E-state index is 13.1. The molecule has 3 rings (SSSR count). The van der Waals surface area contributed by atoms with Gasteiger partial charge in [0.15, 0.2) is 0 Å². The van der Waals surface area contributed by atoms with Gasteiger partial charge in [0.1, 0.15) is 11.6 Å². The highest BCUT2D eigenvalue weighted by atomic mass is 19.1. The molecule has 1 saturated carbocycles. The number of benzene rings is 1. The summed E-state index contributed by atoms with van der Waals surface area (Å²) in [5.41, 5.74) is 6.19. The number of aromatic nitrogens is 1. The van der Waals surface area contributed by atoms with Crippen molar-refractivity contribution in [1.29, 1.82) is 0 Å². The number of halogens is 1. The van der Waals surface area contributed by atoms with Crippen molar-refractivity contribution >= 4 is 17.4 Å². The fraction of sp³-hybridized carbons (Fsp3) is 0.316. The molecule has 1 fully saturated rings. The summed E-state index contributed by atoms with van der Waals surface area (Å²) in [5, 5.41) is 4.11. The average Bonchev–Trinajstić information content (AvgIpc) is 2.88. The summed E-state index contributed by atoms with van der Waals surface area (Å²) >= 11 is 0. The van der Waals surface area contributed by atoms with Crippen molar-refractivity contribution in [3.05, 3.63) is 53.1 Å². The van der Waals surface area contributed by atoms with E-state index < -0.39 is 0 Å². The molecule has 1 N–H and O–H groups in total. The van der Waals surface area contributed by atoms with E-state index in [1.54, 1.807) is 18.2 Å². The summed E-state index contributed by atoms with van der Waals surface area (Å²) in [4.78, 5) is 23.9. The average molecular weight is 341 g/mol. The zero-order chi connectivity index (χ0) is 18.0. The van der Waals surface area contributed by atoms with Crippen molar-refractivity contribution in [2.45, 2.75) is 39.5 Å². The van der Waals surface area contributed by atoms with Crippen LogP contribution >= 0.6 is 0 Å². The lowest BCUT2D eigenvalue weighted by atomic mass is 9.97. The van der Waals surface area contributed by atoms with Gasteiger partial charge in [-0.05, 0) is 57.0 Å². The van der Waals surface area contributed by atoms with Crippen LogP contribution in [0, 0.1) is 19.7 Å². The maximum Gasteiger partial charge on any atom is 0.273 e. The fourth-order valence-corrected chi connectivity index (χ4v) is 3.16. The largest absolute Gasteiger partial charge is 0.318 e. The predicted molar refractivity (Wildman–Crippen MR) is 93.6 cm³/mol. The molecule has 0 atom stereocenters. The van der Waals surface area contributed by atoms with E-state index in [2.05, 4.69) is 10.5 Å². The second-order valence-corrected chi connectivity index (χ2v) is 6.28. The quantitative estimate of drug-likeness (QED) is 0.869. The molecule has 1 aromatic heterocycles. The van der Waals surface area contributed by atoms with Gasteiger partial charge < -0.3 is 4.57 Å². The first-order valence-electron chi connectivity index (χ1n) is 8.28. The number of nitrogens with one attached hydrogen (secondary N) is 1. The molecule has 130 valence electrons. The monoisotopic (exact) mass is 341 g/mol. The topological polar surface area (TPSA) is 63.5 Å². The molecule has 1 aromatic carbocycles. The Morgan fingerprint density at radius 1 is 1.20 bits per heavy atom. The van der Waals surface area contributed by atoms with Crippen molar-refractivity contribution in [3.63, 3.8) is 0 Å². The molecule has 0 bridgehead atoms. The second kappa shape index (κ2) is 7.01. The van der Waals surface area contributed by atoms with Crippen molar-refractivity contribution < 1.29 is 14.0 Å². The van der Waals surface area contributed by atoms with Crippen LogP contribution in [-0.2, 0) is 4.79 Å². The number of ketones is 1. The van der Waals surface area contributed by atoms with Gasteiger partial charge in [0.25, 0.3) is 5.91 Å². The molecular weight excluding hydrogens is 321 g/mol. The highest BCUT2D eigenvalue weighted by Crippen LogP contribution is 2.21. The van der Waals surface area contributed by atoms with Gasteiger partial charge in [0.05, 0.1) is 5.56 Å². The Bertz CT molecular complexity index is 850. The lowest BCUT2D eigenvalue weighted by Gasteiger charge is -2.12. The number of hydrogen-bond acceptors (Lipinski definition) is 3. The number of nitrogens with zero attached hydrogens (tertiary/aromatic N) is 2. The van der Waals surface area contributed by atoms with Gasteiger partial charge in [-0.1, -0.05) is 0 Å². The lowest BCUT2D eigenvalue weighted by Crippen LogP contribution is -2.23. The SMILES string of the molecule is Cc1cc(C(=O)N/N=C2\CCCC(=O)C2)c(C)n1-c1ccc(F)cc1. The zero-order valence-corrected chi connectivity index (χ0v) is 14.3. The summed E-state index contributed by atoms with van der Waals surface area (Å²) in [6.45, 7) is 3.72. The number of amides is 1. The number of carbonyl (C=O) groups excluding carboxylic acids is 2. The van der Waals surface area contributed by atoms with E-state index in [0.29, 0.717) is 18.4 Å². The first kappa shape index (κ1) is 17.1. The van der Waals surface area contributed by atoms with Crippen molar-refractivity contribution in [1.82, 2.24) is 9.99 Å². The van der Waals surface area contributed by atoms with Crippen LogP contribution < -0.4 is 5.43 Å². The predicted octanol–water partition coefficient (Wildman–Crippen LogP) is 3.46. The summed E-state index contributed by atoms with van der Waals surface area (Å²) in [5.74, 6) is -0.456. The summed E-state index contributed by atoms with van der Waals surface area (Å²) in [6.07, 6.45) is 2.42. The minimum Gasteiger partial charge on any atom is -0.318 e. The molecule has 1 heterocycles. The molecule has 2 aromatic rings. The number of carbonyl (C=O) groups is 2. The Hall–Kier alpha value is -2.76. The molecule has 0 radical (unpaired) electrons. The van der Waals surface area contributed by atoms with Crippen LogP contribution in [0.1, 0.15) is 47.4 Å². The van der Waals surface area contributed by atoms with Gasteiger partial charge in [-0.15, -0.1) is 0 Å². The molecular formula is C19H20FN3O2. The molecule has 5 nitrogen and oxygen atoms in total. The van der Waals surface area contributed by atoms with E-state index in [4.69, 9.17) is 0 Å². The van der Waals surface area contributed by atoms with Crippen LogP contribution in [0.25, 0.3) is 5.69 Å². The van der Waals surface area contributed by atoms with E-state index >= 15 is 0 Å². The number of hydrazone groups is 1. The zero-order valence-electron chi connectivity index (χ0n) is 14.3. The maximum atomic E-state index is 13.1. The van der Waals surface area contributed by atoms with Crippen molar-refractivity contribution in [3.8, 4) is 5.69 Å². The van der Waals surface area contributed by atoms with Gasteiger partial charge in [-0.2, -0.15) is 5.10 Å². The minimum absolute atomic E-state index is 0.161. The van der Waals surface area contributed by atoms with Gasteiger partial charge in [0, 0.05) is 35.6 Å². The van der Waals surface area contributed by atoms with E-state index in [1.807, 2.05) is 18.4 Å². The number of hydrogen-bond donors (Lipinski definition) is 1. The van der Waals surface area contributed by atoms with Crippen molar-refractivity contribution in [2.75, 3.05) is 0 Å². The smallest absolute Gasteiger partial charge is 0.273 e. The molecule has 6 heteroatoms. The van der Waals surface area contributed by atoms with Crippen LogP contribution in [0.4, 0.5) is 4.39 Å². The Morgan fingerprint density at radius 3 is 2.60 bits per heavy atom. The van der Waals surface area contributed by atoms with E-state index in [9.17, 15) is 14.0 Å². The van der Waals surface area contributed by atoms with Crippen LogP contribution in [0.5, 0.6) is 0 Å². The molecule has 0 saturated heterocycles. The Morgan fingerprint density at radius 2 is 1.92 bits per heavy atom. The molecule has 1 aliphatic rings. The highest BCUT2D eigenvalue weighted by Gasteiger charge is 2.18. The van der Waals surface area contributed by atoms with Gasteiger partial charge in [-0.3, -0.25) is 9.59 Å². The van der Waals surface area contributed by atoms with Crippen molar-refractivity contribution in [2.24, 2.45) is 5.10 Å². The highest BCUT2D eigenvalue weighted by molar-refractivity contribution is 6.04. The molecule has 1 aliphatic carbocycles. The van der Waals surface area contributed by atoms with Gasteiger partial charge in [-0.25, -0.2) is 9.82 Å². The van der Waals surface area contributed by atoms with E-state index in [1.165, 1.54) is 12.1 Å². The molecule has 0 unspecified atom stereocenters. The Labute approximate surface area is 145 Å². The Kier molecular flexibility index (Phi) is 4.79. The molecule has 0 spiro atoms. The Balaban J connectivity index is 1.82. The molecule has 0 aliphatic heterocycles. The van der Waals surface area contributed by atoms with Crippen LogP contribution in [0.15, 0.2) is 35.4 Å². The number of aryl methyl sites for hydroxylation is 1. The van der Waals surface area contributed by atoms with Gasteiger partial charge in [0.2, 0.25) is 0 Å². The summed E-state index contributed by atoms with van der Waals surface area (Å²) in [6, 6.07) is 7.90. The van der Waals surface area contributed by atoms with E-state index in [0.717, 1.165) is 35.6 Å². The van der Waals surface area contributed by atoms with Crippen LogP contribution in [0.2, 0.25) is 0 Å². The third-order valence-corrected chi connectivity index (χ3v) is 4.40. The standard InChI is InChI=1S/C19H20FN3O2/c1-12-10-18(13(2)23(12)16-8-6-14(20)7-9-16)19(25)22-21-15-4-3-5-17(24)11-15/h6-10H,3-5,11H2,1-2H3,(H,22,25)/b21-15+. The van der Waals surface area contributed by atoms with Crippen LogP contribution in [-0.4, -0.2) is 22.0 Å². The summed E-state index contributed by atoms with van der Waals surface area (Å²) in [7, 11) is 0. The number of rotatable bonds is 3. The minimum atomic E-state index is -0.313. The lowest BCUT2D eigenvalue weighted by molar-refractivity contribution is -0.118. The first-order chi connectivity index (χ1) is 12.0. The molecule has 25 heavy (non-hydrogen) atoms. The van der Waals surface area contributed by atoms with Crippen LogP contribution in [0.3, 0.4) is 0 Å². The molecule has 1 amide bonds. The number of Topliss-reactive ketones (excluding diaryl/α,β-unsaturated/α-hetero) is 1. The fourth-order valence-electron chi connectivity index (χ4n) is 3.16. The first-order valence-corrected chi connectivity index (χ1v) is 8.28. The summed E-state index contributed by atoms with van der Waals surface area (Å²) < 4.78 is 15.0. The third-order valence-electron chi connectivity index (χ3n) is 4.40. The third kappa shape index (κ3) is 3.68. The van der Waals surface area contributed by atoms with Gasteiger partial charge >= 0.3 is 0 Å². The second-order valence-electron chi connectivity index (χ2n) is 6.28. The normalized spacial score (nSPS) is 16.3.